The van der Waals surface area contributed by atoms with Gasteiger partial charge in [0.05, 0.1) is 17.8 Å². The maximum absolute atomic E-state index is 14.2. The average molecular weight is 527 g/mol. The number of halogens is 8. The summed E-state index contributed by atoms with van der Waals surface area (Å²) in [7, 11) is 0. The molecule has 4 rings (SSSR count). The summed E-state index contributed by atoms with van der Waals surface area (Å²) in [5.41, 5.74) is -10.5. The number of anilines is 1. The van der Waals surface area contributed by atoms with Crippen molar-refractivity contribution >= 4 is 34.9 Å². The van der Waals surface area contributed by atoms with Crippen molar-refractivity contribution < 1.29 is 30.8 Å². The van der Waals surface area contributed by atoms with Crippen LogP contribution < -0.4 is 16.6 Å². The summed E-state index contributed by atoms with van der Waals surface area (Å²) in [6.07, 6.45) is -11.1. The number of aromatic amines is 1. The summed E-state index contributed by atoms with van der Waals surface area (Å²) >= 11 is 11.8. The molecule has 0 radical (unpaired) electrons. The van der Waals surface area contributed by atoms with Gasteiger partial charge in [-0.2, -0.15) is 26.3 Å². The van der Waals surface area contributed by atoms with Crippen molar-refractivity contribution in [3.05, 3.63) is 84.4 Å². The zero-order valence-electron chi connectivity index (χ0n) is 16.3. The average Bonchev–Trinajstić information content (AvgIpc) is 3.21. The number of amidine groups is 1. The Labute approximate surface area is 194 Å². The first-order chi connectivity index (χ1) is 15.8. The second-order valence-electron chi connectivity index (χ2n) is 7.06. The van der Waals surface area contributed by atoms with E-state index in [4.69, 9.17) is 27.6 Å². The van der Waals surface area contributed by atoms with E-state index in [1.807, 2.05) is 0 Å². The molecule has 0 spiro atoms. The molecule has 0 saturated heterocycles. The number of nitrogens with one attached hydrogen (secondary N) is 2. The molecule has 1 aliphatic rings. The number of hydrogen-bond donors (Lipinski definition) is 2. The molecular formula is C19H10Cl2F6N4O3. The van der Waals surface area contributed by atoms with E-state index in [-0.39, 0.29) is 21.4 Å². The molecule has 7 nitrogen and oxygen atoms in total. The highest BCUT2D eigenvalue weighted by Gasteiger charge is 2.75. The number of aromatic nitrogens is 2. The van der Waals surface area contributed by atoms with Crippen LogP contribution >= 0.6 is 23.2 Å². The second-order valence-corrected chi connectivity index (χ2v) is 7.91. The molecule has 15 heteroatoms. The van der Waals surface area contributed by atoms with Crippen molar-refractivity contribution in [1.82, 2.24) is 9.55 Å². The first kappa shape index (κ1) is 24.0. The normalized spacial score (nSPS) is 15.5. The van der Waals surface area contributed by atoms with Gasteiger partial charge in [0.1, 0.15) is 23.0 Å². The SMILES string of the molecule is O=c1[nH]c(=O)n(Cc2ccco2)c2c1C(C(F)(F)F)(C(F)(F)F)N=C(c1ccc(Cl)cc1Cl)N2. The van der Waals surface area contributed by atoms with Crippen LogP contribution in [0.4, 0.5) is 32.2 Å². The fraction of sp³-hybridized carbons (Fsp3) is 0.211. The first-order valence-electron chi connectivity index (χ1n) is 9.12. The predicted molar refractivity (Wildman–Crippen MR) is 110 cm³/mol. The number of rotatable bonds is 3. The summed E-state index contributed by atoms with van der Waals surface area (Å²) in [5.74, 6) is -2.05. The van der Waals surface area contributed by atoms with Crippen LogP contribution in [0.1, 0.15) is 16.9 Å². The fourth-order valence-corrected chi connectivity index (χ4v) is 3.99. The van der Waals surface area contributed by atoms with Crippen LogP contribution in [0.25, 0.3) is 0 Å². The first-order valence-corrected chi connectivity index (χ1v) is 9.87. The van der Waals surface area contributed by atoms with Gasteiger partial charge >= 0.3 is 18.0 Å². The van der Waals surface area contributed by atoms with Gasteiger partial charge in [-0.15, -0.1) is 0 Å². The van der Waals surface area contributed by atoms with Crippen LogP contribution in [0.3, 0.4) is 0 Å². The zero-order valence-corrected chi connectivity index (χ0v) is 17.8. The molecule has 2 N–H and O–H groups in total. The molecule has 0 saturated carbocycles. The smallest absolute Gasteiger partial charge is 0.427 e. The van der Waals surface area contributed by atoms with Gasteiger partial charge < -0.3 is 9.73 Å². The molecule has 1 aromatic carbocycles. The minimum absolute atomic E-state index is 0.0105. The monoisotopic (exact) mass is 526 g/mol. The summed E-state index contributed by atoms with van der Waals surface area (Å²) in [6.45, 7) is -0.606. The van der Waals surface area contributed by atoms with Crippen LogP contribution in [0.15, 0.2) is 55.6 Å². The summed E-state index contributed by atoms with van der Waals surface area (Å²) in [4.78, 5) is 29.4. The number of aliphatic imine (C=N–C) groups is 1. The number of hydrogen-bond acceptors (Lipinski definition) is 5. The molecule has 3 heterocycles. The number of H-pyrrole nitrogens is 1. The standard InChI is InChI=1S/C19H10Cl2F6N4O3/c20-8-3-4-10(11(21)6-8)13-28-14-12(17(30-13,18(22,23)24)19(25,26)27)15(32)29-16(33)31(14)7-9-2-1-5-34-9/h1-6H,7H2,(H,28,30)(H,29,32,33). The van der Waals surface area contributed by atoms with Crippen molar-refractivity contribution in [1.29, 1.82) is 0 Å². The molecule has 0 atom stereocenters. The van der Waals surface area contributed by atoms with E-state index in [1.165, 1.54) is 29.4 Å². The van der Waals surface area contributed by atoms with Crippen LogP contribution in [0.2, 0.25) is 10.0 Å². The van der Waals surface area contributed by atoms with E-state index in [1.54, 1.807) is 0 Å². The minimum atomic E-state index is -6.15. The largest absolute Gasteiger partial charge is 0.467 e. The zero-order chi connectivity index (χ0) is 25.1. The molecule has 34 heavy (non-hydrogen) atoms. The fourth-order valence-electron chi connectivity index (χ4n) is 3.49. The molecule has 2 aromatic heterocycles. The van der Waals surface area contributed by atoms with Gasteiger partial charge in [0, 0.05) is 10.6 Å². The number of alkyl halides is 6. The van der Waals surface area contributed by atoms with Crippen LogP contribution in [0, 0.1) is 0 Å². The van der Waals surface area contributed by atoms with Crippen molar-refractivity contribution in [2.45, 2.75) is 24.4 Å². The lowest BCUT2D eigenvalue weighted by Crippen LogP contribution is -2.59. The molecule has 1 aliphatic heterocycles. The molecule has 3 aromatic rings. The van der Waals surface area contributed by atoms with E-state index < -0.39 is 52.9 Å². The van der Waals surface area contributed by atoms with Crippen molar-refractivity contribution in [2.75, 3.05) is 5.32 Å². The quantitative estimate of drug-likeness (QED) is 0.485. The second kappa shape index (κ2) is 7.94. The highest BCUT2D eigenvalue weighted by Crippen LogP contribution is 2.55. The van der Waals surface area contributed by atoms with E-state index in [0.29, 0.717) is 4.57 Å². The number of nitrogens with zero attached hydrogens (tertiary/aromatic N) is 2. The topological polar surface area (TPSA) is 92.4 Å². The molecule has 0 aliphatic carbocycles. The highest BCUT2D eigenvalue weighted by molar-refractivity contribution is 6.37. The van der Waals surface area contributed by atoms with Crippen molar-refractivity contribution in [3.63, 3.8) is 0 Å². The van der Waals surface area contributed by atoms with Crippen LogP contribution in [-0.2, 0) is 12.1 Å². The van der Waals surface area contributed by atoms with Crippen LogP contribution in [0.5, 0.6) is 0 Å². The Hall–Kier alpha value is -3.19. The molecule has 0 fully saturated rings. The Bertz CT molecular complexity index is 1390. The van der Waals surface area contributed by atoms with Crippen molar-refractivity contribution in [3.8, 4) is 0 Å². The highest BCUT2D eigenvalue weighted by atomic mass is 35.5. The Balaban J connectivity index is 2.12. The maximum Gasteiger partial charge on any atom is 0.427 e. The number of furan rings is 1. The van der Waals surface area contributed by atoms with E-state index in [2.05, 4.69) is 10.3 Å². The van der Waals surface area contributed by atoms with E-state index in [0.717, 1.165) is 12.1 Å². The van der Waals surface area contributed by atoms with Crippen LogP contribution in [-0.4, -0.2) is 27.7 Å². The van der Waals surface area contributed by atoms with Gasteiger partial charge in [0.15, 0.2) is 0 Å². The Kier molecular flexibility index (Phi) is 5.60. The lowest BCUT2D eigenvalue weighted by Gasteiger charge is -2.38. The van der Waals surface area contributed by atoms with E-state index in [9.17, 15) is 35.9 Å². The Morgan fingerprint density at radius 3 is 2.29 bits per heavy atom. The van der Waals surface area contributed by atoms with E-state index >= 15 is 0 Å². The Morgan fingerprint density at radius 1 is 1.06 bits per heavy atom. The predicted octanol–water partition coefficient (Wildman–Crippen LogP) is 4.68. The molecule has 0 unspecified atom stereocenters. The molecule has 0 bridgehead atoms. The van der Waals surface area contributed by atoms with Gasteiger partial charge in [0.25, 0.3) is 11.1 Å². The molecule has 180 valence electrons. The summed E-state index contributed by atoms with van der Waals surface area (Å²) in [6, 6.07) is 6.01. The number of fused-ring (bicyclic) bond motifs is 1. The Morgan fingerprint density at radius 2 is 1.74 bits per heavy atom. The van der Waals surface area contributed by atoms with Gasteiger partial charge in [-0.25, -0.2) is 9.79 Å². The van der Waals surface area contributed by atoms with Gasteiger partial charge in [-0.3, -0.25) is 14.3 Å². The van der Waals surface area contributed by atoms with Gasteiger partial charge in [0.2, 0.25) is 0 Å². The molecule has 0 amide bonds. The van der Waals surface area contributed by atoms with Gasteiger partial charge in [-0.05, 0) is 30.3 Å². The third-order valence-corrected chi connectivity index (χ3v) is 5.53. The molecular weight excluding hydrogens is 517 g/mol. The lowest BCUT2D eigenvalue weighted by atomic mass is 9.87. The third kappa shape index (κ3) is 3.68. The third-order valence-electron chi connectivity index (χ3n) is 4.98. The van der Waals surface area contributed by atoms with Crippen molar-refractivity contribution in [2.24, 2.45) is 4.99 Å². The maximum atomic E-state index is 14.2. The summed E-state index contributed by atoms with van der Waals surface area (Å²) < 4.78 is 91.0. The lowest BCUT2D eigenvalue weighted by molar-refractivity contribution is -0.301. The summed E-state index contributed by atoms with van der Waals surface area (Å²) in [5, 5.41) is 1.98. The van der Waals surface area contributed by atoms with Gasteiger partial charge in [-0.1, -0.05) is 23.2 Å². The minimum Gasteiger partial charge on any atom is -0.467 e. The number of benzene rings is 1.